The van der Waals surface area contributed by atoms with E-state index in [1.165, 1.54) is 5.75 Å². The summed E-state index contributed by atoms with van der Waals surface area (Å²) in [6, 6.07) is 0. The van der Waals surface area contributed by atoms with E-state index >= 15 is 0 Å². The molecule has 0 bridgehead atoms. The summed E-state index contributed by atoms with van der Waals surface area (Å²) in [5.41, 5.74) is 0.541. The Hall–Kier alpha value is 0.580. The molecular weight excluding hydrogens is 232 g/mol. The van der Waals surface area contributed by atoms with Gasteiger partial charge >= 0.3 is 0 Å². The standard InChI is InChI=1S/C10H18O3S2/c1-2-3-12-9-10(15-9)13-5-4-11-6-8-7-14-8/h8-10H,2-7H2,1H3. The van der Waals surface area contributed by atoms with Crippen LogP contribution in [0.4, 0.5) is 0 Å². The third-order valence-electron chi connectivity index (χ3n) is 2.12. The first-order valence-corrected chi connectivity index (χ1v) is 7.47. The average Bonchev–Trinajstić information content (AvgIpc) is 3.10. The Labute approximate surface area is 99.6 Å². The van der Waals surface area contributed by atoms with E-state index in [2.05, 4.69) is 6.92 Å². The van der Waals surface area contributed by atoms with E-state index < -0.39 is 0 Å². The molecule has 2 aliphatic heterocycles. The molecule has 2 heterocycles. The molecule has 3 nitrogen and oxygen atoms in total. The minimum atomic E-state index is 0.260. The Morgan fingerprint density at radius 2 is 1.87 bits per heavy atom. The van der Waals surface area contributed by atoms with Gasteiger partial charge in [0.2, 0.25) is 0 Å². The summed E-state index contributed by atoms with van der Waals surface area (Å²) in [5, 5.41) is 0.765. The maximum absolute atomic E-state index is 5.57. The summed E-state index contributed by atoms with van der Waals surface area (Å²) >= 11 is 3.71. The second-order valence-corrected chi connectivity index (χ2v) is 6.18. The van der Waals surface area contributed by atoms with Crippen LogP contribution >= 0.6 is 23.5 Å². The van der Waals surface area contributed by atoms with Gasteiger partial charge < -0.3 is 14.2 Å². The van der Waals surface area contributed by atoms with Gasteiger partial charge in [0.05, 0.1) is 19.8 Å². The van der Waals surface area contributed by atoms with Crippen molar-refractivity contribution in [1.82, 2.24) is 0 Å². The highest BCUT2D eigenvalue weighted by Gasteiger charge is 2.40. The Balaban J connectivity index is 1.36. The second-order valence-electron chi connectivity index (χ2n) is 3.64. The molecular formula is C10H18O3S2. The van der Waals surface area contributed by atoms with Gasteiger partial charge in [0.25, 0.3) is 0 Å². The molecule has 2 aliphatic rings. The van der Waals surface area contributed by atoms with Crippen molar-refractivity contribution in [2.24, 2.45) is 0 Å². The van der Waals surface area contributed by atoms with E-state index in [4.69, 9.17) is 14.2 Å². The zero-order valence-electron chi connectivity index (χ0n) is 9.02. The fraction of sp³-hybridized carbons (Fsp3) is 1.00. The van der Waals surface area contributed by atoms with Crippen LogP contribution in [0.25, 0.3) is 0 Å². The lowest BCUT2D eigenvalue weighted by Gasteiger charge is -2.03. The van der Waals surface area contributed by atoms with Crippen LogP contribution < -0.4 is 0 Å². The van der Waals surface area contributed by atoms with Crippen LogP contribution in [-0.2, 0) is 14.2 Å². The maximum Gasteiger partial charge on any atom is 0.141 e. The fourth-order valence-electron chi connectivity index (χ4n) is 1.16. The lowest BCUT2D eigenvalue weighted by Crippen LogP contribution is -2.11. The summed E-state index contributed by atoms with van der Waals surface area (Å²) < 4.78 is 16.5. The molecule has 0 aliphatic carbocycles. The zero-order chi connectivity index (χ0) is 10.5. The Bertz CT molecular complexity index is 188. The Morgan fingerprint density at radius 1 is 1.13 bits per heavy atom. The van der Waals surface area contributed by atoms with Gasteiger partial charge in [-0.25, -0.2) is 0 Å². The third kappa shape index (κ3) is 4.95. The summed E-state index contributed by atoms with van der Waals surface area (Å²) in [5.74, 6) is 1.27. The molecule has 2 saturated heterocycles. The molecule has 0 aromatic carbocycles. The molecule has 0 radical (unpaired) electrons. The molecule has 3 unspecified atom stereocenters. The van der Waals surface area contributed by atoms with E-state index in [1.807, 2.05) is 11.8 Å². The Kier molecular flexibility index (Phi) is 5.10. The number of hydrogen-bond donors (Lipinski definition) is 0. The predicted octanol–water partition coefficient (Wildman–Crippen LogP) is 1.96. The molecule has 2 rings (SSSR count). The molecule has 15 heavy (non-hydrogen) atoms. The van der Waals surface area contributed by atoms with Crippen molar-refractivity contribution >= 4 is 23.5 Å². The van der Waals surface area contributed by atoms with Crippen molar-refractivity contribution in [3.05, 3.63) is 0 Å². The molecule has 0 spiro atoms. The largest absolute Gasteiger partial charge is 0.378 e. The molecule has 2 fully saturated rings. The van der Waals surface area contributed by atoms with E-state index in [-0.39, 0.29) is 10.9 Å². The fourth-order valence-corrected chi connectivity index (χ4v) is 2.26. The number of rotatable bonds is 9. The SMILES string of the molecule is CCCOC1SC1OCCOCC1CS1. The highest BCUT2D eigenvalue weighted by atomic mass is 32.2. The quantitative estimate of drug-likeness (QED) is 0.461. The van der Waals surface area contributed by atoms with Crippen LogP contribution in [-0.4, -0.2) is 48.3 Å². The van der Waals surface area contributed by atoms with Gasteiger partial charge in [0, 0.05) is 17.6 Å². The molecule has 3 atom stereocenters. The van der Waals surface area contributed by atoms with E-state index in [9.17, 15) is 0 Å². The normalized spacial score (nSPS) is 33.0. The number of thioether (sulfide) groups is 2. The molecule has 0 aromatic heterocycles. The van der Waals surface area contributed by atoms with Crippen LogP contribution in [0.5, 0.6) is 0 Å². The van der Waals surface area contributed by atoms with Crippen molar-refractivity contribution in [2.75, 3.05) is 32.2 Å². The highest BCUT2D eigenvalue weighted by Crippen LogP contribution is 2.42. The molecule has 88 valence electrons. The average molecular weight is 250 g/mol. The van der Waals surface area contributed by atoms with Crippen LogP contribution in [0.2, 0.25) is 0 Å². The van der Waals surface area contributed by atoms with Gasteiger partial charge in [0.1, 0.15) is 10.9 Å². The smallest absolute Gasteiger partial charge is 0.141 e. The van der Waals surface area contributed by atoms with E-state index in [0.717, 1.165) is 24.9 Å². The molecule has 0 aromatic rings. The van der Waals surface area contributed by atoms with Crippen molar-refractivity contribution < 1.29 is 14.2 Å². The van der Waals surface area contributed by atoms with Crippen LogP contribution in [0, 0.1) is 0 Å². The second kappa shape index (κ2) is 6.35. The molecule has 5 heteroatoms. The van der Waals surface area contributed by atoms with Gasteiger partial charge in [-0.15, -0.1) is 0 Å². The van der Waals surface area contributed by atoms with Gasteiger partial charge in [-0.2, -0.15) is 11.8 Å². The monoisotopic (exact) mass is 250 g/mol. The van der Waals surface area contributed by atoms with Crippen molar-refractivity contribution in [3.8, 4) is 0 Å². The topological polar surface area (TPSA) is 27.7 Å². The van der Waals surface area contributed by atoms with Crippen LogP contribution in [0.15, 0.2) is 0 Å². The number of ether oxygens (including phenoxy) is 3. The zero-order valence-corrected chi connectivity index (χ0v) is 10.6. The van der Waals surface area contributed by atoms with E-state index in [1.54, 1.807) is 11.8 Å². The first-order valence-electron chi connectivity index (χ1n) is 5.48. The minimum Gasteiger partial charge on any atom is -0.378 e. The van der Waals surface area contributed by atoms with E-state index in [0.29, 0.717) is 13.2 Å². The van der Waals surface area contributed by atoms with Gasteiger partial charge in [-0.1, -0.05) is 18.7 Å². The van der Waals surface area contributed by atoms with Crippen molar-refractivity contribution in [3.63, 3.8) is 0 Å². The maximum atomic E-state index is 5.57. The Morgan fingerprint density at radius 3 is 2.53 bits per heavy atom. The summed E-state index contributed by atoms with van der Waals surface area (Å²) in [4.78, 5) is 0. The first-order chi connectivity index (χ1) is 7.40. The molecule has 0 N–H and O–H groups in total. The predicted molar refractivity (Wildman–Crippen MR) is 64.4 cm³/mol. The van der Waals surface area contributed by atoms with Gasteiger partial charge in [0.15, 0.2) is 0 Å². The third-order valence-corrected chi connectivity index (χ3v) is 4.05. The molecule has 0 saturated carbocycles. The summed E-state index contributed by atoms with van der Waals surface area (Å²) in [6.45, 7) is 5.26. The van der Waals surface area contributed by atoms with Crippen LogP contribution in [0.3, 0.4) is 0 Å². The molecule has 0 amide bonds. The van der Waals surface area contributed by atoms with Crippen molar-refractivity contribution in [1.29, 1.82) is 0 Å². The first kappa shape index (κ1) is 12.0. The highest BCUT2D eigenvalue weighted by molar-refractivity contribution is 8.07. The lowest BCUT2D eigenvalue weighted by molar-refractivity contribution is 0.0125. The van der Waals surface area contributed by atoms with Gasteiger partial charge in [-0.05, 0) is 6.42 Å². The van der Waals surface area contributed by atoms with Crippen LogP contribution in [0.1, 0.15) is 13.3 Å². The summed E-state index contributed by atoms with van der Waals surface area (Å²) in [6.07, 6.45) is 1.08. The lowest BCUT2D eigenvalue weighted by atomic mass is 10.5. The minimum absolute atomic E-state index is 0.260. The van der Waals surface area contributed by atoms with Gasteiger partial charge in [-0.3, -0.25) is 0 Å². The van der Waals surface area contributed by atoms with Crippen molar-refractivity contribution in [2.45, 2.75) is 29.5 Å². The number of hydrogen-bond acceptors (Lipinski definition) is 5. The summed E-state index contributed by atoms with van der Waals surface area (Å²) in [7, 11) is 0.